The lowest BCUT2D eigenvalue weighted by atomic mass is 10.0. The summed E-state index contributed by atoms with van der Waals surface area (Å²) in [6.07, 6.45) is 9.62. The van der Waals surface area contributed by atoms with E-state index in [1.165, 1.54) is 25.7 Å². The van der Waals surface area contributed by atoms with E-state index in [1.807, 2.05) is 47.1 Å². The number of hydrogen-bond donors (Lipinski definition) is 1. The third-order valence-corrected chi connectivity index (χ3v) is 5.09. The second kappa shape index (κ2) is 6.71. The number of amides is 1. The number of hydrogen-bond acceptors (Lipinski definition) is 2. The van der Waals surface area contributed by atoms with Gasteiger partial charge in [-0.3, -0.25) is 4.79 Å². The van der Waals surface area contributed by atoms with Crippen molar-refractivity contribution in [2.45, 2.75) is 39.0 Å². The van der Waals surface area contributed by atoms with Crippen LogP contribution < -0.4 is 5.32 Å². The van der Waals surface area contributed by atoms with Gasteiger partial charge in [0.2, 0.25) is 5.91 Å². The Bertz CT molecular complexity index is 889. The smallest absolute Gasteiger partial charge is 0.224 e. The van der Waals surface area contributed by atoms with Crippen LogP contribution in [-0.2, 0) is 4.79 Å². The fourth-order valence-electron chi connectivity index (χ4n) is 3.71. The maximum Gasteiger partial charge on any atom is 0.224 e. The molecule has 4 rings (SSSR count). The summed E-state index contributed by atoms with van der Waals surface area (Å²) in [5, 5.41) is 3.02. The van der Waals surface area contributed by atoms with Gasteiger partial charge in [0.1, 0.15) is 5.65 Å². The molecule has 4 heteroatoms. The van der Waals surface area contributed by atoms with Crippen LogP contribution in [0.15, 0.2) is 48.8 Å². The van der Waals surface area contributed by atoms with Crippen molar-refractivity contribution in [3.63, 3.8) is 0 Å². The first kappa shape index (κ1) is 15.9. The number of aromatic nitrogens is 2. The lowest BCUT2D eigenvalue weighted by Gasteiger charge is -2.09. The molecule has 25 heavy (non-hydrogen) atoms. The summed E-state index contributed by atoms with van der Waals surface area (Å²) in [6.45, 7) is 2.06. The zero-order valence-corrected chi connectivity index (χ0v) is 14.5. The minimum Gasteiger partial charge on any atom is -0.326 e. The third kappa shape index (κ3) is 3.43. The number of nitrogens with one attached hydrogen (secondary N) is 1. The lowest BCUT2D eigenvalue weighted by Crippen LogP contribution is -2.14. The molecule has 1 aromatic carbocycles. The van der Waals surface area contributed by atoms with Crippen molar-refractivity contribution < 1.29 is 4.79 Å². The van der Waals surface area contributed by atoms with Crippen LogP contribution in [0.1, 0.15) is 37.7 Å². The molecule has 1 amide bonds. The summed E-state index contributed by atoms with van der Waals surface area (Å²) in [7, 11) is 0. The van der Waals surface area contributed by atoms with Gasteiger partial charge in [-0.05, 0) is 49.4 Å². The molecule has 0 aliphatic heterocycles. The van der Waals surface area contributed by atoms with Crippen LogP contribution in [0.3, 0.4) is 0 Å². The number of carbonyl (C=O) groups excluding carboxylic acids is 1. The second-order valence-electron chi connectivity index (χ2n) is 7.03. The molecule has 2 aromatic heterocycles. The van der Waals surface area contributed by atoms with Gasteiger partial charge in [-0.2, -0.15) is 0 Å². The first-order valence-electron chi connectivity index (χ1n) is 9.04. The predicted octanol–water partition coefficient (Wildman–Crippen LogP) is 4.83. The molecule has 1 aliphatic carbocycles. The molecule has 0 saturated heterocycles. The Balaban J connectivity index is 1.47. The fraction of sp³-hybridized carbons (Fsp3) is 0.333. The summed E-state index contributed by atoms with van der Waals surface area (Å²) in [4.78, 5) is 16.9. The first-order valence-corrected chi connectivity index (χ1v) is 9.04. The number of fused-ring (bicyclic) bond motifs is 1. The van der Waals surface area contributed by atoms with E-state index in [9.17, 15) is 4.79 Å². The van der Waals surface area contributed by atoms with Gasteiger partial charge in [-0.15, -0.1) is 0 Å². The predicted molar refractivity (Wildman–Crippen MR) is 101 cm³/mol. The highest BCUT2D eigenvalue weighted by molar-refractivity contribution is 5.91. The van der Waals surface area contributed by atoms with Crippen LogP contribution in [0.5, 0.6) is 0 Å². The molecule has 0 bridgehead atoms. The number of rotatable bonds is 4. The molecule has 3 aromatic rings. The Morgan fingerprint density at radius 3 is 2.68 bits per heavy atom. The Morgan fingerprint density at radius 2 is 1.96 bits per heavy atom. The van der Waals surface area contributed by atoms with Gasteiger partial charge in [-0.1, -0.05) is 31.0 Å². The number of pyridine rings is 1. The minimum absolute atomic E-state index is 0.128. The average Bonchev–Trinajstić information content (AvgIpc) is 3.25. The summed E-state index contributed by atoms with van der Waals surface area (Å²) in [5.74, 6) is 0.698. The maximum atomic E-state index is 12.2. The van der Waals surface area contributed by atoms with Crippen LogP contribution in [0.2, 0.25) is 0 Å². The Kier molecular flexibility index (Phi) is 4.26. The quantitative estimate of drug-likeness (QED) is 0.743. The molecule has 0 spiro atoms. The zero-order valence-electron chi connectivity index (χ0n) is 14.5. The van der Waals surface area contributed by atoms with Gasteiger partial charge in [0, 0.05) is 30.1 Å². The van der Waals surface area contributed by atoms with Gasteiger partial charge in [-0.25, -0.2) is 4.98 Å². The van der Waals surface area contributed by atoms with Crippen molar-refractivity contribution in [3.05, 3.63) is 54.4 Å². The molecule has 0 atom stereocenters. The molecule has 0 unspecified atom stereocenters. The Morgan fingerprint density at radius 1 is 1.20 bits per heavy atom. The third-order valence-electron chi connectivity index (χ3n) is 5.09. The topological polar surface area (TPSA) is 46.4 Å². The van der Waals surface area contributed by atoms with Crippen molar-refractivity contribution >= 4 is 17.2 Å². The molecule has 128 valence electrons. The number of aryl methyl sites for hydroxylation is 1. The van der Waals surface area contributed by atoms with E-state index in [0.29, 0.717) is 12.3 Å². The second-order valence-corrected chi connectivity index (χ2v) is 7.03. The molecule has 1 saturated carbocycles. The van der Waals surface area contributed by atoms with E-state index in [1.54, 1.807) is 0 Å². The summed E-state index contributed by atoms with van der Waals surface area (Å²) in [6, 6.07) is 12.0. The monoisotopic (exact) mass is 333 g/mol. The molecule has 1 N–H and O–H groups in total. The molecular formula is C21H23N3O. The maximum absolute atomic E-state index is 12.2. The summed E-state index contributed by atoms with van der Waals surface area (Å²) < 4.78 is 2.04. The van der Waals surface area contributed by atoms with Crippen LogP contribution in [-0.4, -0.2) is 15.3 Å². The molecule has 0 radical (unpaired) electrons. The highest BCUT2D eigenvalue weighted by atomic mass is 16.1. The molecule has 2 heterocycles. The standard InChI is InChI=1S/C21H23N3O/c1-15-5-4-12-24-14-19(23-21(15)24)17-8-10-18(11-9-17)22-20(25)13-16-6-2-3-7-16/h4-5,8-12,14,16H,2-3,6-7,13H2,1H3,(H,22,25). The van der Waals surface area contributed by atoms with Crippen LogP contribution >= 0.6 is 0 Å². The Labute approximate surface area is 147 Å². The van der Waals surface area contributed by atoms with Gasteiger partial charge in [0.15, 0.2) is 0 Å². The number of anilines is 1. The molecule has 1 fully saturated rings. The van der Waals surface area contributed by atoms with Crippen LogP contribution in [0, 0.1) is 12.8 Å². The number of imidazole rings is 1. The summed E-state index contributed by atoms with van der Waals surface area (Å²) >= 11 is 0. The normalized spacial score (nSPS) is 14.9. The largest absolute Gasteiger partial charge is 0.326 e. The van der Waals surface area contributed by atoms with Crippen molar-refractivity contribution in [1.29, 1.82) is 0 Å². The van der Waals surface area contributed by atoms with Gasteiger partial charge >= 0.3 is 0 Å². The summed E-state index contributed by atoms with van der Waals surface area (Å²) in [5.41, 5.74) is 4.98. The number of nitrogens with zero attached hydrogens (tertiary/aromatic N) is 2. The van der Waals surface area contributed by atoms with E-state index in [2.05, 4.69) is 18.3 Å². The SMILES string of the molecule is Cc1cccn2cc(-c3ccc(NC(=O)CC4CCCC4)cc3)nc12. The zero-order chi connectivity index (χ0) is 17.2. The van der Waals surface area contributed by atoms with Crippen LogP contribution in [0.4, 0.5) is 5.69 Å². The van der Waals surface area contributed by atoms with Crippen LogP contribution in [0.25, 0.3) is 16.9 Å². The van der Waals surface area contributed by atoms with Crippen molar-refractivity contribution in [1.82, 2.24) is 9.38 Å². The van der Waals surface area contributed by atoms with Crippen molar-refractivity contribution in [2.75, 3.05) is 5.32 Å². The number of carbonyl (C=O) groups is 1. The van der Waals surface area contributed by atoms with Gasteiger partial charge in [0.05, 0.1) is 5.69 Å². The van der Waals surface area contributed by atoms with E-state index in [-0.39, 0.29) is 5.91 Å². The van der Waals surface area contributed by atoms with E-state index in [0.717, 1.165) is 28.2 Å². The molecular weight excluding hydrogens is 310 g/mol. The fourth-order valence-corrected chi connectivity index (χ4v) is 3.71. The van der Waals surface area contributed by atoms with Gasteiger partial charge < -0.3 is 9.72 Å². The molecule has 1 aliphatic rings. The number of benzene rings is 1. The van der Waals surface area contributed by atoms with E-state index in [4.69, 9.17) is 4.98 Å². The van der Waals surface area contributed by atoms with Gasteiger partial charge in [0.25, 0.3) is 0 Å². The van der Waals surface area contributed by atoms with E-state index >= 15 is 0 Å². The minimum atomic E-state index is 0.128. The lowest BCUT2D eigenvalue weighted by molar-refractivity contribution is -0.117. The van der Waals surface area contributed by atoms with Crippen molar-refractivity contribution in [2.24, 2.45) is 5.92 Å². The Hall–Kier alpha value is -2.62. The highest BCUT2D eigenvalue weighted by Gasteiger charge is 2.18. The first-order chi connectivity index (χ1) is 12.2. The highest BCUT2D eigenvalue weighted by Crippen LogP contribution is 2.28. The van der Waals surface area contributed by atoms with Crippen molar-refractivity contribution in [3.8, 4) is 11.3 Å². The molecule has 4 nitrogen and oxygen atoms in total. The van der Waals surface area contributed by atoms with E-state index < -0.39 is 0 Å². The average molecular weight is 333 g/mol.